The Morgan fingerprint density at radius 2 is 0.618 bits per heavy atom. The van der Waals surface area contributed by atoms with Crippen molar-refractivity contribution < 1.29 is 51.1 Å². The van der Waals surface area contributed by atoms with Crippen LogP contribution in [0.2, 0.25) is 0 Å². The molecule has 0 radical (unpaired) electrons. The number of hydrogen-bond acceptors (Lipinski definition) is 10. The lowest BCUT2D eigenvalue weighted by Crippen LogP contribution is -2.56. The third kappa shape index (κ3) is 14.9. The van der Waals surface area contributed by atoms with E-state index in [1.165, 1.54) is 44.9 Å². The Kier molecular flexibility index (Phi) is 20.5. The normalized spacial score (nSPS) is 18.4. The molecule has 10 N–H and O–H groups in total. The highest BCUT2D eigenvalue weighted by molar-refractivity contribution is 4.90. The van der Waals surface area contributed by atoms with Gasteiger partial charge in [-0.15, -0.1) is 0 Å². The highest BCUT2D eigenvalue weighted by atomic mass is 16.5. The Labute approximate surface area is 203 Å². The first-order valence-corrected chi connectivity index (χ1v) is 12.9. The molecule has 10 nitrogen and oxygen atoms in total. The Balaban J connectivity index is 3.84. The van der Waals surface area contributed by atoms with Crippen LogP contribution in [0.5, 0.6) is 0 Å². The van der Waals surface area contributed by atoms with Crippen molar-refractivity contribution in [3.8, 4) is 0 Å². The minimum atomic E-state index is -2.37. The highest BCUT2D eigenvalue weighted by Crippen LogP contribution is 2.18. The number of aliphatic hydroxyl groups is 10. The predicted molar refractivity (Wildman–Crippen MR) is 127 cm³/mol. The van der Waals surface area contributed by atoms with Gasteiger partial charge in [0.1, 0.15) is 36.6 Å². The summed E-state index contributed by atoms with van der Waals surface area (Å²) >= 11 is 0. The van der Waals surface area contributed by atoms with Crippen LogP contribution in [0.3, 0.4) is 0 Å². The van der Waals surface area contributed by atoms with E-state index in [0.29, 0.717) is 13.0 Å². The second-order valence-corrected chi connectivity index (χ2v) is 9.39. The molecule has 7 atom stereocenters. The van der Waals surface area contributed by atoms with Gasteiger partial charge in [0.2, 0.25) is 0 Å². The average Bonchev–Trinajstić information content (AvgIpc) is 2.83. The molecule has 0 saturated carbocycles. The molecule has 10 heteroatoms. The monoisotopic (exact) mass is 498 g/mol. The van der Waals surface area contributed by atoms with Gasteiger partial charge >= 0.3 is 0 Å². The van der Waals surface area contributed by atoms with Crippen molar-refractivity contribution in [2.75, 3.05) is 6.61 Å². The van der Waals surface area contributed by atoms with Gasteiger partial charge in [0, 0.05) is 6.61 Å². The van der Waals surface area contributed by atoms with Gasteiger partial charge in [0.25, 0.3) is 0 Å². The van der Waals surface area contributed by atoms with Gasteiger partial charge in [0.15, 0.2) is 6.29 Å². The Hall–Kier alpha value is -0.400. The standard InChI is InChI=1S/C24H50O10/c25-16-14-12-10-8-6-4-2-1-3-5-7-9-11-13-15-17(26)18(27)19(28)20(29)21(30)22(31)23(32)24(33)34/h17-34H,1-16H2. The van der Waals surface area contributed by atoms with Crippen LogP contribution in [0.4, 0.5) is 0 Å². The topological polar surface area (TPSA) is 202 Å². The molecule has 0 aromatic carbocycles. The Morgan fingerprint density at radius 3 is 0.971 bits per heavy atom. The molecular weight excluding hydrogens is 448 g/mol. The molecule has 0 aromatic heterocycles. The molecule has 0 heterocycles. The first kappa shape index (κ1) is 33.6. The third-order valence-electron chi connectivity index (χ3n) is 6.36. The van der Waals surface area contributed by atoms with E-state index in [0.717, 1.165) is 38.5 Å². The van der Waals surface area contributed by atoms with E-state index in [2.05, 4.69) is 0 Å². The molecule has 206 valence electrons. The smallest absolute Gasteiger partial charge is 0.180 e. The fourth-order valence-electron chi connectivity index (χ4n) is 3.97. The van der Waals surface area contributed by atoms with Gasteiger partial charge in [-0.25, -0.2) is 0 Å². The molecule has 0 aromatic rings. The van der Waals surface area contributed by atoms with Crippen LogP contribution in [0.15, 0.2) is 0 Å². The maximum absolute atomic E-state index is 10.1. The van der Waals surface area contributed by atoms with Crippen LogP contribution in [0.25, 0.3) is 0 Å². The van der Waals surface area contributed by atoms with Gasteiger partial charge in [-0.3, -0.25) is 0 Å². The fraction of sp³-hybridized carbons (Fsp3) is 1.00. The molecular formula is C24H50O10. The van der Waals surface area contributed by atoms with E-state index in [1.807, 2.05) is 0 Å². The lowest BCUT2D eigenvalue weighted by Gasteiger charge is -2.32. The summed E-state index contributed by atoms with van der Waals surface area (Å²) in [4.78, 5) is 0. The fourth-order valence-corrected chi connectivity index (χ4v) is 3.97. The van der Waals surface area contributed by atoms with Crippen molar-refractivity contribution >= 4 is 0 Å². The van der Waals surface area contributed by atoms with E-state index >= 15 is 0 Å². The zero-order valence-electron chi connectivity index (χ0n) is 20.4. The van der Waals surface area contributed by atoms with Gasteiger partial charge in [-0.1, -0.05) is 83.5 Å². The first-order chi connectivity index (χ1) is 16.1. The molecule has 0 bridgehead atoms. The van der Waals surface area contributed by atoms with Gasteiger partial charge in [-0.2, -0.15) is 0 Å². The largest absolute Gasteiger partial charge is 0.396 e. The van der Waals surface area contributed by atoms with Crippen LogP contribution < -0.4 is 0 Å². The number of unbranched alkanes of at least 4 members (excludes halogenated alkanes) is 13. The van der Waals surface area contributed by atoms with Crippen molar-refractivity contribution in [3.63, 3.8) is 0 Å². The highest BCUT2D eigenvalue weighted by Gasteiger charge is 2.40. The van der Waals surface area contributed by atoms with Crippen LogP contribution >= 0.6 is 0 Å². The van der Waals surface area contributed by atoms with E-state index in [1.54, 1.807) is 0 Å². The van der Waals surface area contributed by atoms with Gasteiger partial charge in [-0.05, 0) is 12.8 Å². The minimum absolute atomic E-state index is 0.180. The van der Waals surface area contributed by atoms with E-state index in [4.69, 9.17) is 15.3 Å². The summed E-state index contributed by atoms with van der Waals surface area (Å²) < 4.78 is 0. The average molecular weight is 499 g/mol. The summed E-state index contributed by atoms with van der Waals surface area (Å²) in [5.74, 6) is 0. The van der Waals surface area contributed by atoms with Crippen molar-refractivity contribution in [1.29, 1.82) is 0 Å². The van der Waals surface area contributed by atoms with Gasteiger partial charge < -0.3 is 51.1 Å². The summed E-state index contributed by atoms with van der Waals surface area (Å²) in [6.07, 6.45) is -0.647. The van der Waals surface area contributed by atoms with E-state index in [9.17, 15) is 35.7 Å². The van der Waals surface area contributed by atoms with E-state index in [-0.39, 0.29) is 6.42 Å². The van der Waals surface area contributed by atoms with Crippen molar-refractivity contribution in [3.05, 3.63) is 0 Å². The summed E-state index contributed by atoms with van der Waals surface area (Å²) in [5, 5.41) is 95.0. The summed E-state index contributed by atoms with van der Waals surface area (Å²) in [7, 11) is 0. The molecule has 0 spiro atoms. The molecule has 34 heavy (non-hydrogen) atoms. The zero-order valence-corrected chi connectivity index (χ0v) is 20.4. The Morgan fingerprint density at radius 1 is 0.324 bits per heavy atom. The zero-order chi connectivity index (χ0) is 25.9. The number of rotatable bonds is 23. The molecule has 0 amide bonds. The molecule has 7 unspecified atom stereocenters. The summed E-state index contributed by atoms with van der Waals surface area (Å²) in [6.45, 7) is 0.290. The lowest BCUT2D eigenvalue weighted by molar-refractivity contribution is -0.205. The summed E-state index contributed by atoms with van der Waals surface area (Å²) in [6, 6.07) is 0. The number of hydrogen-bond donors (Lipinski definition) is 10. The van der Waals surface area contributed by atoms with Crippen LogP contribution in [-0.4, -0.2) is 107 Å². The molecule has 0 aliphatic heterocycles. The van der Waals surface area contributed by atoms with Crippen LogP contribution in [0, 0.1) is 0 Å². The molecule has 0 saturated heterocycles. The quantitative estimate of drug-likeness (QED) is 0.0656. The van der Waals surface area contributed by atoms with Crippen molar-refractivity contribution in [1.82, 2.24) is 0 Å². The van der Waals surface area contributed by atoms with Crippen LogP contribution in [-0.2, 0) is 0 Å². The number of aliphatic hydroxyl groups excluding tert-OH is 9. The SMILES string of the molecule is OCCCCCCCCCCCCCCCCC(O)C(O)C(O)C(O)C(O)C(O)C(O)C(O)O. The van der Waals surface area contributed by atoms with Gasteiger partial charge in [0.05, 0.1) is 6.10 Å². The maximum atomic E-state index is 10.1. The lowest BCUT2D eigenvalue weighted by atomic mass is 9.92. The Bertz CT molecular complexity index is 453. The minimum Gasteiger partial charge on any atom is -0.396 e. The molecule has 0 fully saturated rings. The molecule has 0 aliphatic rings. The summed E-state index contributed by atoms with van der Waals surface area (Å²) in [5.41, 5.74) is 0. The van der Waals surface area contributed by atoms with Crippen molar-refractivity contribution in [2.24, 2.45) is 0 Å². The second kappa shape index (κ2) is 20.8. The molecule has 0 rings (SSSR count). The molecule has 0 aliphatic carbocycles. The van der Waals surface area contributed by atoms with Crippen molar-refractivity contribution in [2.45, 2.75) is 145 Å². The predicted octanol–water partition coefficient (Wildman–Crippen LogP) is -0.333. The van der Waals surface area contributed by atoms with Crippen LogP contribution in [0.1, 0.15) is 96.3 Å². The van der Waals surface area contributed by atoms with E-state index < -0.39 is 49.0 Å². The third-order valence-corrected chi connectivity index (χ3v) is 6.36. The first-order valence-electron chi connectivity index (χ1n) is 12.9. The maximum Gasteiger partial charge on any atom is 0.180 e. The second-order valence-electron chi connectivity index (χ2n) is 9.39.